The van der Waals surface area contributed by atoms with Crippen LogP contribution in [0.5, 0.6) is 0 Å². The predicted molar refractivity (Wildman–Crippen MR) is 106 cm³/mol. The molecule has 5 nitrogen and oxygen atoms in total. The van der Waals surface area contributed by atoms with Crippen LogP contribution in [-0.2, 0) is 11.2 Å². The summed E-state index contributed by atoms with van der Waals surface area (Å²) in [6, 6.07) is 16.5. The van der Waals surface area contributed by atoms with Crippen LogP contribution < -0.4 is 0 Å². The Bertz CT molecular complexity index is 991. The topological polar surface area (TPSA) is 70.2 Å². The van der Waals surface area contributed by atoms with E-state index in [2.05, 4.69) is 70.2 Å². The van der Waals surface area contributed by atoms with Gasteiger partial charge in [0.15, 0.2) is 11.0 Å². The molecule has 0 radical (unpaired) electrons. The summed E-state index contributed by atoms with van der Waals surface area (Å²) in [7, 11) is 0. The fraction of sp³-hybridized carbons (Fsp3) is 0.250. The second-order valence-corrected chi connectivity index (χ2v) is 8.24. The molecule has 0 aliphatic carbocycles. The van der Waals surface area contributed by atoms with Crippen LogP contribution in [0.1, 0.15) is 32.2 Å². The van der Waals surface area contributed by atoms with Gasteiger partial charge in [0.2, 0.25) is 0 Å². The molecule has 0 amide bonds. The van der Waals surface area contributed by atoms with E-state index in [0.29, 0.717) is 5.75 Å². The quantitative estimate of drug-likeness (QED) is 0.504. The van der Waals surface area contributed by atoms with E-state index in [9.17, 15) is 0 Å². The van der Waals surface area contributed by atoms with Crippen LogP contribution in [0.4, 0.5) is 0 Å². The van der Waals surface area contributed by atoms with Crippen molar-refractivity contribution >= 4 is 22.8 Å². The van der Waals surface area contributed by atoms with Gasteiger partial charge in [-0.05, 0) is 23.1 Å². The number of hydrogen-bond donors (Lipinski definition) is 2. The van der Waals surface area contributed by atoms with Crippen LogP contribution in [0, 0.1) is 0 Å². The van der Waals surface area contributed by atoms with Crippen LogP contribution in [0.25, 0.3) is 22.4 Å². The first-order valence-corrected chi connectivity index (χ1v) is 9.57. The molecule has 2 aromatic heterocycles. The number of imidazole rings is 1. The number of H-pyrrole nitrogens is 2. The first-order chi connectivity index (χ1) is 12.5. The Morgan fingerprint density at radius 1 is 0.962 bits per heavy atom. The molecule has 4 rings (SSSR count). The average molecular weight is 363 g/mol. The number of hydrogen-bond acceptors (Lipinski definition) is 4. The number of thioether (sulfide) groups is 1. The van der Waals surface area contributed by atoms with Gasteiger partial charge in [0.25, 0.3) is 0 Å². The number of benzene rings is 2. The number of fused-ring (bicyclic) bond motifs is 1. The van der Waals surface area contributed by atoms with E-state index < -0.39 is 0 Å². The molecule has 6 heteroatoms. The molecule has 0 aliphatic rings. The lowest BCUT2D eigenvalue weighted by Crippen LogP contribution is -2.10. The van der Waals surface area contributed by atoms with Crippen molar-refractivity contribution in [1.29, 1.82) is 0 Å². The van der Waals surface area contributed by atoms with Gasteiger partial charge in [-0.2, -0.15) is 5.10 Å². The minimum atomic E-state index is 0.145. The minimum absolute atomic E-state index is 0.145. The van der Waals surface area contributed by atoms with Crippen LogP contribution in [0.15, 0.2) is 53.7 Å². The first-order valence-electron chi connectivity index (χ1n) is 8.59. The molecular weight excluding hydrogens is 342 g/mol. The van der Waals surface area contributed by atoms with Crippen molar-refractivity contribution in [3.8, 4) is 11.4 Å². The van der Waals surface area contributed by atoms with Gasteiger partial charge in [-0.15, -0.1) is 0 Å². The van der Waals surface area contributed by atoms with Crippen LogP contribution >= 0.6 is 11.8 Å². The smallest absolute Gasteiger partial charge is 0.181 e. The highest BCUT2D eigenvalue weighted by Crippen LogP contribution is 2.26. The van der Waals surface area contributed by atoms with Gasteiger partial charge in [0.1, 0.15) is 5.82 Å². The SMILES string of the molecule is CC(C)(C)c1ccc(-c2n[nH]c(CSc3nc4ccccc4[nH]3)n2)cc1. The normalized spacial score (nSPS) is 12.0. The van der Waals surface area contributed by atoms with Crippen molar-refractivity contribution in [3.63, 3.8) is 0 Å². The van der Waals surface area contributed by atoms with Gasteiger partial charge in [0, 0.05) is 5.56 Å². The Morgan fingerprint density at radius 3 is 2.46 bits per heavy atom. The summed E-state index contributed by atoms with van der Waals surface area (Å²) in [4.78, 5) is 12.5. The highest BCUT2D eigenvalue weighted by molar-refractivity contribution is 7.98. The number of aromatic nitrogens is 5. The Morgan fingerprint density at radius 2 is 1.73 bits per heavy atom. The zero-order chi connectivity index (χ0) is 18.1. The number of aromatic amines is 2. The largest absolute Gasteiger partial charge is 0.333 e. The lowest BCUT2D eigenvalue weighted by Gasteiger charge is -2.18. The third-order valence-electron chi connectivity index (χ3n) is 4.25. The molecular formula is C20H21N5S. The summed E-state index contributed by atoms with van der Waals surface area (Å²) in [5, 5.41) is 8.27. The predicted octanol–water partition coefficient (Wildman–Crippen LogP) is 4.94. The molecule has 132 valence electrons. The van der Waals surface area contributed by atoms with Crippen LogP contribution in [-0.4, -0.2) is 25.1 Å². The fourth-order valence-corrected chi connectivity index (χ4v) is 3.49. The highest BCUT2D eigenvalue weighted by Gasteiger charge is 2.14. The summed E-state index contributed by atoms with van der Waals surface area (Å²) in [5.74, 6) is 2.25. The Hall–Kier alpha value is -2.60. The van der Waals surface area contributed by atoms with Crippen molar-refractivity contribution in [2.24, 2.45) is 0 Å². The molecule has 2 N–H and O–H groups in total. The van der Waals surface area contributed by atoms with Crippen molar-refractivity contribution < 1.29 is 0 Å². The average Bonchev–Trinajstić information content (AvgIpc) is 3.26. The van der Waals surface area contributed by atoms with Gasteiger partial charge in [-0.1, -0.05) is 68.9 Å². The molecule has 4 aromatic rings. The summed E-state index contributed by atoms with van der Waals surface area (Å²) in [6.45, 7) is 6.63. The molecule has 0 saturated carbocycles. The zero-order valence-electron chi connectivity index (χ0n) is 15.1. The van der Waals surface area contributed by atoms with Crippen LogP contribution in [0.2, 0.25) is 0 Å². The lowest BCUT2D eigenvalue weighted by molar-refractivity contribution is 0.590. The molecule has 0 aliphatic heterocycles. The Balaban J connectivity index is 1.46. The minimum Gasteiger partial charge on any atom is -0.333 e. The molecule has 0 spiro atoms. The van der Waals surface area contributed by atoms with Gasteiger partial charge < -0.3 is 4.98 Å². The zero-order valence-corrected chi connectivity index (χ0v) is 15.9. The summed E-state index contributed by atoms with van der Waals surface area (Å²) < 4.78 is 0. The van der Waals surface area contributed by atoms with E-state index in [1.165, 1.54) is 5.56 Å². The Labute approximate surface area is 156 Å². The van der Waals surface area contributed by atoms with E-state index in [0.717, 1.165) is 33.4 Å². The van der Waals surface area contributed by atoms with Gasteiger partial charge >= 0.3 is 0 Å². The van der Waals surface area contributed by atoms with E-state index >= 15 is 0 Å². The van der Waals surface area contributed by atoms with Gasteiger partial charge in [-0.25, -0.2) is 9.97 Å². The molecule has 2 heterocycles. The maximum absolute atomic E-state index is 4.61. The number of rotatable bonds is 4. The number of nitrogens with one attached hydrogen (secondary N) is 2. The molecule has 0 saturated heterocycles. The number of para-hydroxylation sites is 2. The fourth-order valence-electron chi connectivity index (χ4n) is 2.74. The highest BCUT2D eigenvalue weighted by atomic mass is 32.2. The van der Waals surface area contributed by atoms with Crippen LogP contribution in [0.3, 0.4) is 0 Å². The molecule has 0 atom stereocenters. The first kappa shape index (κ1) is 16.8. The summed E-state index contributed by atoms with van der Waals surface area (Å²) >= 11 is 1.61. The summed E-state index contributed by atoms with van der Waals surface area (Å²) in [6.07, 6.45) is 0. The maximum Gasteiger partial charge on any atom is 0.181 e. The van der Waals surface area contributed by atoms with E-state index in [4.69, 9.17) is 0 Å². The molecule has 26 heavy (non-hydrogen) atoms. The van der Waals surface area contributed by atoms with Crippen molar-refractivity contribution in [3.05, 3.63) is 59.9 Å². The van der Waals surface area contributed by atoms with E-state index in [1.807, 2.05) is 24.3 Å². The van der Waals surface area contributed by atoms with Crippen molar-refractivity contribution in [2.45, 2.75) is 37.1 Å². The van der Waals surface area contributed by atoms with Crippen molar-refractivity contribution in [1.82, 2.24) is 25.1 Å². The third kappa shape index (κ3) is 3.51. The molecule has 0 bridgehead atoms. The lowest BCUT2D eigenvalue weighted by atomic mass is 9.87. The number of nitrogens with zero attached hydrogens (tertiary/aromatic N) is 3. The Kier molecular flexibility index (Phi) is 4.28. The standard InChI is InChI=1S/C20H21N5S/c1-20(2,3)14-10-8-13(9-11-14)18-23-17(24-25-18)12-26-19-21-15-6-4-5-7-16(15)22-19/h4-11H,12H2,1-3H3,(H,21,22)(H,23,24,25). The molecule has 0 fully saturated rings. The van der Waals surface area contributed by atoms with E-state index in [-0.39, 0.29) is 5.41 Å². The van der Waals surface area contributed by atoms with E-state index in [1.54, 1.807) is 11.8 Å². The third-order valence-corrected chi connectivity index (χ3v) is 5.14. The monoisotopic (exact) mass is 363 g/mol. The molecule has 0 unspecified atom stereocenters. The molecule has 2 aromatic carbocycles. The van der Waals surface area contributed by atoms with Gasteiger partial charge in [0.05, 0.1) is 16.8 Å². The van der Waals surface area contributed by atoms with Crippen molar-refractivity contribution in [2.75, 3.05) is 0 Å². The second-order valence-electron chi connectivity index (χ2n) is 7.28. The second kappa shape index (κ2) is 6.61. The maximum atomic E-state index is 4.61. The van der Waals surface area contributed by atoms with Gasteiger partial charge in [-0.3, -0.25) is 5.10 Å². The summed E-state index contributed by atoms with van der Waals surface area (Å²) in [5.41, 5.74) is 4.50.